The third kappa shape index (κ3) is 4.72. The zero-order chi connectivity index (χ0) is 21.6. The van der Waals surface area contributed by atoms with E-state index in [9.17, 15) is 4.79 Å². The summed E-state index contributed by atoms with van der Waals surface area (Å²) in [5.41, 5.74) is 6.27. The number of rotatable bonds is 7. The van der Waals surface area contributed by atoms with E-state index in [2.05, 4.69) is 23.2 Å². The number of aromatic nitrogens is 3. The first-order valence-corrected chi connectivity index (χ1v) is 10.5. The number of carbonyl (C=O) groups excluding carboxylic acids is 1. The number of hydrogen-bond donors (Lipinski definition) is 0. The van der Waals surface area contributed by atoms with Gasteiger partial charge in [-0.1, -0.05) is 55.5 Å². The molecule has 0 aliphatic carbocycles. The number of benzene rings is 2. The molecule has 5 nitrogen and oxygen atoms in total. The highest BCUT2D eigenvalue weighted by molar-refractivity contribution is 5.92. The smallest absolute Gasteiger partial charge is 0.339 e. The quantitative estimate of drug-likeness (QED) is 0.382. The highest BCUT2D eigenvalue weighted by Gasteiger charge is 2.15. The van der Waals surface area contributed by atoms with Crippen LogP contribution in [0.3, 0.4) is 0 Å². The summed E-state index contributed by atoms with van der Waals surface area (Å²) >= 11 is 0. The van der Waals surface area contributed by atoms with Gasteiger partial charge in [0.25, 0.3) is 0 Å². The van der Waals surface area contributed by atoms with E-state index in [0.29, 0.717) is 18.6 Å². The van der Waals surface area contributed by atoms with E-state index in [1.807, 2.05) is 72.5 Å². The van der Waals surface area contributed by atoms with E-state index in [-0.39, 0.29) is 5.97 Å². The molecular weight excluding hydrogens is 386 g/mol. The second kappa shape index (κ2) is 9.39. The van der Waals surface area contributed by atoms with Gasteiger partial charge in [-0.05, 0) is 42.7 Å². The van der Waals surface area contributed by atoms with Gasteiger partial charge in [0, 0.05) is 23.5 Å². The third-order valence-corrected chi connectivity index (χ3v) is 5.12. The Hall–Kier alpha value is -3.73. The fourth-order valence-electron chi connectivity index (χ4n) is 3.55. The van der Waals surface area contributed by atoms with E-state index in [0.717, 1.165) is 34.6 Å². The fraction of sp³-hybridized carbons (Fsp3) is 0.192. The van der Waals surface area contributed by atoms with Crippen molar-refractivity contribution < 1.29 is 9.53 Å². The van der Waals surface area contributed by atoms with E-state index in [1.165, 1.54) is 5.56 Å². The predicted molar refractivity (Wildman–Crippen MR) is 122 cm³/mol. The van der Waals surface area contributed by atoms with Gasteiger partial charge < -0.3 is 4.74 Å². The molecule has 4 aromatic rings. The monoisotopic (exact) mass is 411 g/mol. The van der Waals surface area contributed by atoms with Crippen LogP contribution in [0.5, 0.6) is 0 Å². The Morgan fingerprint density at radius 1 is 0.935 bits per heavy atom. The van der Waals surface area contributed by atoms with Gasteiger partial charge >= 0.3 is 5.97 Å². The molecule has 156 valence electrons. The second-order valence-electron chi connectivity index (χ2n) is 7.26. The molecule has 0 aliphatic rings. The van der Waals surface area contributed by atoms with Crippen molar-refractivity contribution >= 4 is 5.97 Å². The number of aryl methyl sites for hydroxylation is 1. The van der Waals surface area contributed by atoms with Gasteiger partial charge in [-0.15, -0.1) is 0 Å². The minimum absolute atomic E-state index is 0.329. The summed E-state index contributed by atoms with van der Waals surface area (Å²) in [5, 5.41) is 4.73. The molecule has 0 amide bonds. The van der Waals surface area contributed by atoms with Gasteiger partial charge in [0.15, 0.2) is 0 Å². The number of hydrogen-bond acceptors (Lipinski definition) is 4. The van der Waals surface area contributed by atoms with Gasteiger partial charge in [-0.3, -0.25) is 9.67 Å². The molecule has 0 unspecified atom stereocenters. The Bertz CT molecular complexity index is 1180. The highest BCUT2D eigenvalue weighted by atomic mass is 16.5. The molecule has 4 rings (SSSR count). The number of pyridine rings is 1. The zero-order valence-electron chi connectivity index (χ0n) is 17.8. The largest absolute Gasteiger partial charge is 0.462 e. The van der Waals surface area contributed by atoms with Gasteiger partial charge in [0.2, 0.25) is 0 Å². The van der Waals surface area contributed by atoms with E-state index in [4.69, 9.17) is 9.84 Å². The van der Waals surface area contributed by atoms with Crippen molar-refractivity contribution in [3.05, 3.63) is 95.9 Å². The van der Waals surface area contributed by atoms with Crippen molar-refractivity contribution in [2.45, 2.75) is 26.8 Å². The summed E-state index contributed by atoms with van der Waals surface area (Å²) < 4.78 is 7.15. The van der Waals surface area contributed by atoms with E-state index in [1.54, 1.807) is 6.92 Å². The SMILES string of the molecule is CCOC(=O)c1cc(-c2cccc(-c3ccn(Cc4ccccc4)n3)c2)cnc1CC. The van der Waals surface area contributed by atoms with Crippen LogP contribution in [0.1, 0.15) is 35.5 Å². The molecule has 0 saturated heterocycles. The van der Waals surface area contributed by atoms with E-state index >= 15 is 0 Å². The summed E-state index contributed by atoms with van der Waals surface area (Å²) in [6.45, 7) is 4.86. The second-order valence-corrected chi connectivity index (χ2v) is 7.26. The van der Waals surface area contributed by atoms with Gasteiger partial charge in [0.1, 0.15) is 0 Å². The van der Waals surface area contributed by atoms with Crippen LogP contribution in [0.15, 0.2) is 79.1 Å². The molecule has 0 atom stereocenters. The van der Waals surface area contributed by atoms with Crippen LogP contribution in [-0.4, -0.2) is 27.3 Å². The average molecular weight is 412 g/mol. The Balaban J connectivity index is 1.62. The molecule has 31 heavy (non-hydrogen) atoms. The lowest BCUT2D eigenvalue weighted by Gasteiger charge is -2.10. The van der Waals surface area contributed by atoms with E-state index < -0.39 is 0 Å². The lowest BCUT2D eigenvalue weighted by molar-refractivity contribution is 0.0524. The molecule has 2 aromatic heterocycles. The number of esters is 1. The fourth-order valence-corrected chi connectivity index (χ4v) is 3.55. The molecular formula is C26H25N3O2. The predicted octanol–water partition coefficient (Wildman–Crippen LogP) is 5.40. The standard InChI is InChI=1S/C26H25N3O2/c1-3-24-23(26(30)31-4-2)16-22(17-27-24)20-11-8-12-21(15-20)25-13-14-29(28-25)18-19-9-6-5-7-10-19/h5-17H,3-4,18H2,1-2H3. The molecule has 0 aliphatic heterocycles. The Labute approximate surface area is 182 Å². The summed E-state index contributed by atoms with van der Waals surface area (Å²) in [7, 11) is 0. The van der Waals surface area contributed by atoms with Crippen LogP contribution in [0.2, 0.25) is 0 Å². The number of ether oxygens (including phenoxy) is 1. The molecule has 0 fully saturated rings. The maximum absolute atomic E-state index is 12.4. The first kappa shape index (κ1) is 20.5. The Kier molecular flexibility index (Phi) is 6.22. The van der Waals surface area contributed by atoms with Crippen molar-refractivity contribution in [2.75, 3.05) is 6.61 Å². The highest BCUT2D eigenvalue weighted by Crippen LogP contribution is 2.27. The van der Waals surface area contributed by atoms with Crippen molar-refractivity contribution in [1.82, 2.24) is 14.8 Å². The van der Waals surface area contributed by atoms with Gasteiger partial charge in [0.05, 0.1) is 30.1 Å². The summed E-state index contributed by atoms with van der Waals surface area (Å²) in [6, 6.07) is 22.3. The van der Waals surface area contributed by atoms with Crippen LogP contribution >= 0.6 is 0 Å². The topological polar surface area (TPSA) is 57.0 Å². The first-order valence-electron chi connectivity index (χ1n) is 10.5. The molecule has 0 saturated carbocycles. The van der Waals surface area contributed by atoms with Gasteiger partial charge in [-0.2, -0.15) is 5.10 Å². The maximum atomic E-state index is 12.4. The van der Waals surface area contributed by atoms with Crippen LogP contribution in [0.25, 0.3) is 22.4 Å². The van der Waals surface area contributed by atoms with Crippen LogP contribution in [-0.2, 0) is 17.7 Å². The summed E-state index contributed by atoms with van der Waals surface area (Å²) in [6.07, 6.45) is 4.48. The zero-order valence-corrected chi connectivity index (χ0v) is 17.8. The lowest BCUT2D eigenvalue weighted by Crippen LogP contribution is -2.09. The van der Waals surface area contributed by atoms with Crippen molar-refractivity contribution in [2.24, 2.45) is 0 Å². The minimum Gasteiger partial charge on any atom is -0.462 e. The third-order valence-electron chi connectivity index (χ3n) is 5.12. The molecule has 2 heterocycles. The van der Waals surface area contributed by atoms with Crippen LogP contribution in [0.4, 0.5) is 0 Å². The Morgan fingerprint density at radius 3 is 2.52 bits per heavy atom. The van der Waals surface area contributed by atoms with Gasteiger partial charge in [-0.25, -0.2) is 4.79 Å². The summed E-state index contributed by atoms with van der Waals surface area (Å²) in [4.78, 5) is 16.9. The van der Waals surface area contributed by atoms with Crippen molar-refractivity contribution in [3.8, 4) is 22.4 Å². The molecule has 0 N–H and O–H groups in total. The normalized spacial score (nSPS) is 10.8. The van der Waals surface area contributed by atoms with Crippen molar-refractivity contribution in [3.63, 3.8) is 0 Å². The number of nitrogens with zero attached hydrogens (tertiary/aromatic N) is 3. The number of carbonyl (C=O) groups is 1. The molecule has 0 bridgehead atoms. The van der Waals surface area contributed by atoms with Crippen LogP contribution in [0, 0.1) is 0 Å². The van der Waals surface area contributed by atoms with Crippen molar-refractivity contribution in [1.29, 1.82) is 0 Å². The molecule has 2 aromatic carbocycles. The molecule has 0 spiro atoms. The molecule has 5 heteroatoms. The summed E-state index contributed by atoms with van der Waals surface area (Å²) in [5.74, 6) is -0.329. The lowest BCUT2D eigenvalue weighted by atomic mass is 10.0. The van der Waals surface area contributed by atoms with Crippen LogP contribution < -0.4 is 0 Å². The Morgan fingerprint density at radius 2 is 1.74 bits per heavy atom. The minimum atomic E-state index is -0.329. The average Bonchev–Trinajstić information content (AvgIpc) is 3.28. The molecule has 0 radical (unpaired) electrons. The maximum Gasteiger partial charge on any atom is 0.339 e. The first-order chi connectivity index (χ1) is 15.2.